The van der Waals surface area contributed by atoms with Gasteiger partial charge in [-0.2, -0.15) is 0 Å². The van der Waals surface area contributed by atoms with E-state index in [1.165, 1.54) is 13.4 Å². The van der Waals surface area contributed by atoms with Crippen molar-refractivity contribution in [1.82, 2.24) is 15.3 Å². The zero-order valence-corrected chi connectivity index (χ0v) is 10.8. The Kier molecular flexibility index (Phi) is 4.25. The molecule has 0 aliphatic rings. The molecule has 6 heteroatoms. The second kappa shape index (κ2) is 6.10. The monoisotopic (exact) mass is 261 g/mol. The Labute approximate surface area is 110 Å². The maximum absolute atomic E-state index is 11.3. The second-order valence-corrected chi connectivity index (χ2v) is 4.00. The minimum Gasteiger partial charge on any atom is -0.463 e. The van der Waals surface area contributed by atoms with Crippen LogP contribution in [0.3, 0.4) is 0 Å². The summed E-state index contributed by atoms with van der Waals surface area (Å²) < 4.78 is 10.0. The Morgan fingerprint density at radius 3 is 3.00 bits per heavy atom. The first kappa shape index (κ1) is 13.2. The van der Waals surface area contributed by atoms with E-state index in [0.29, 0.717) is 12.3 Å². The first-order valence-corrected chi connectivity index (χ1v) is 5.87. The van der Waals surface area contributed by atoms with Crippen LogP contribution in [-0.2, 0) is 11.3 Å². The van der Waals surface area contributed by atoms with E-state index in [4.69, 9.17) is 4.42 Å². The molecule has 2 heterocycles. The van der Waals surface area contributed by atoms with Crippen molar-refractivity contribution >= 4 is 5.97 Å². The zero-order valence-electron chi connectivity index (χ0n) is 10.8. The number of ether oxygens (including phenoxy) is 1. The average Bonchev–Trinajstić information content (AvgIpc) is 2.95. The van der Waals surface area contributed by atoms with Crippen molar-refractivity contribution in [3.05, 3.63) is 47.9 Å². The first-order valence-electron chi connectivity index (χ1n) is 5.87. The fraction of sp³-hybridized carbons (Fsp3) is 0.308. The molecule has 0 amide bonds. The molecule has 0 radical (unpaired) electrons. The summed E-state index contributed by atoms with van der Waals surface area (Å²) in [6, 6.07) is 5.16. The van der Waals surface area contributed by atoms with Crippen LogP contribution in [0.1, 0.15) is 35.0 Å². The molecule has 0 aliphatic heterocycles. The van der Waals surface area contributed by atoms with E-state index in [9.17, 15) is 4.79 Å². The number of carbonyl (C=O) groups excluding carboxylic acids is 1. The van der Waals surface area contributed by atoms with Crippen molar-refractivity contribution < 1.29 is 13.9 Å². The molecule has 0 spiro atoms. The van der Waals surface area contributed by atoms with Crippen molar-refractivity contribution in [2.75, 3.05) is 7.11 Å². The molecule has 2 aromatic rings. The maximum atomic E-state index is 11.3. The molecule has 0 fully saturated rings. The Bertz CT molecular complexity index is 539. The molecule has 0 bridgehead atoms. The van der Waals surface area contributed by atoms with Crippen LogP contribution in [0.5, 0.6) is 0 Å². The number of hydrogen-bond donors (Lipinski definition) is 1. The lowest BCUT2D eigenvalue weighted by Crippen LogP contribution is -2.18. The molecule has 2 rings (SSSR count). The predicted molar refractivity (Wildman–Crippen MR) is 67.3 cm³/mol. The molecule has 0 saturated carbocycles. The number of esters is 1. The van der Waals surface area contributed by atoms with Crippen LogP contribution in [0.15, 0.2) is 35.1 Å². The van der Waals surface area contributed by atoms with E-state index in [1.54, 1.807) is 18.3 Å². The molecule has 19 heavy (non-hydrogen) atoms. The number of furan rings is 1. The van der Waals surface area contributed by atoms with Gasteiger partial charge in [-0.15, -0.1) is 0 Å². The minimum absolute atomic E-state index is 0.0339. The minimum atomic E-state index is -0.478. The van der Waals surface area contributed by atoms with Gasteiger partial charge in [-0.05, 0) is 25.1 Å². The predicted octanol–water partition coefficient (Wildman–Crippen LogP) is 1.71. The smallest absolute Gasteiger partial charge is 0.373 e. The maximum Gasteiger partial charge on any atom is 0.373 e. The van der Waals surface area contributed by atoms with Crippen LogP contribution in [0, 0.1) is 0 Å². The largest absolute Gasteiger partial charge is 0.463 e. The molecule has 1 unspecified atom stereocenters. The van der Waals surface area contributed by atoms with Gasteiger partial charge in [0.25, 0.3) is 0 Å². The molecule has 1 atom stereocenters. The Morgan fingerprint density at radius 2 is 2.32 bits per heavy atom. The average molecular weight is 261 g/mol. The Morgan fingerprint density at radius 1 is 1.47 bits per heavy atom. The highest BCUT2D eigenvalue weighted by Crippen LogP contribution is 2.17. The van der Waals surface area contributed by atoms with Crippen molar-refractivity contribution in [2.24, 2.45) is 0 Å². The topological polar surface area (TPSA) is 77.2 Å². The van der Waals surface area contributed by atoms with Crippen molar-refractivity contribution in [2.45, 2.75) is 19.5 Å². The van der Waals surface area contributed by atoms with Gasteiger partial charge in [-0.1, -0.05) is 0 Å². The standard InChI is InChI=1S/C13H15N3O3/c1-9(15-7-10-5-6-14-8-16-10)11-3-4-12(19-11)13(17)18-2/h3-6,8-9,15H,7H2,1-2H3. The molecule has 100 valence electrons. The van der Waals surface area contributed by atoms with Gasteiger partial charge < -0.3 is 14.5 Å². The summed E-state index contributed by atoms with van der Waals surface area (Å²) in [5.74, 6) is 0.400. The van der Waals surface area contributed by atoms with E-state index in [0.717, 1.165) is 5.69 Å². The van der Waals surface area contributed by atoms with Gasteiger partial charge in [0.15, 0.2) is 0 Å². The lowest BCUT2D eigenvalue weighted by Gasteiger charge is -2.10. The Hall–Kier alpha value is -2.21. The number of nitrogens with one attached hydrogen (secondary N) is 1. The molecule has 0 aromatic carbocycles. The van der Waals surface area contributed by atoms with E-state index < -0.39 is 5.97 Å². The second-order valence-electron chi connectivity index (χ2n) is 4.00. The van der Waals surface area contributed by atoms with Gasteiger partial charge in [0.1, 0.15) is 12.1 Å². The lowest BCUT2D eigenvalue weighted by molar-refractivity contribution is 0.0562. The van der Waals surface area contributed by atoms with Crippen molar-refractivity contribution in [3.8, 4) is 0 Å². The van der Waals surface area contributed by atoms with Crippen molar-refractivity contribution in [3.63, 3.8) is 0 Å². The molecule has 0 aliphatic carbocycles. The summed E-state index contributed by atoms with van der Waals surface area (Å²) in [6.45, 7) is 2.54. The molecule has 6 nitrogen and oxygen atoms in total. The Balaban J connectivity index is 1.94. The third-order valence-corrected chi connectivity index (χ3v) is 2.67. The summed E-state index contributed by atoms with van der Waals surface area (Å²) >= 11 is 0. The number of hydrogen-bond acceptors (Lipinski definition) is 6. The van der Waals surface area contributed by atoms with E-state index in [-0.39, 0.29) is 11.8 Å². The van der Waals surface area contributed by atoms with Crippen LogP contribution in [-0.4, -0.2) is 23.0 Å². The lowest BCUT2D eigenvalue weighted by atomic mass is 10.2. The third-order valence-electron chi connectivity index (χ3n) is 2.67. The SMILES string of the molecule is COC(=O)c1ccc(C(C)NCc2ccncn2)o1. The van der Waals surface area contributed by atoms with Gasteiger partial charge in [0.05, 0.1) is 18.8 Å². The number of rotatable bonds is 5. The highest BCUT2D eigenvalue weighted by Gasteiger charge is 2.14. The van der Waals surface area contributed by atoms with Crippen LogP contribution in [0.4, 0.5) is 0 Å². The number of methoxy groups -OCH3 is 1. The zero-order chi connectivity index (χ0) is 13.7. The highest BCUT2D eigenvalue weighted by atomic mass is 16.5. The van der Waals surface area contributed by atoms with E-state index >= 15 is 0 Å². The van der Waals surface area contributed by atoms with Crippen LogP contribution >= 0.6 is 0 Å². The summed E-state index contributed by atoms with van der Waals surface area (Å²) in [4.78, 5) is 19.2. The van der Waals surface area contributed by atoms with Crippen molar-refractivity contribution in [1.29, 1.82) is 0 Å². The van der Waals surface area contributed by atoms with Gasteiger partial charge >= 0.3 is 5.97 Å². The molecule has 0 saturated heterocycles. The number of carbonyl (C=O) groups is 1. The quantitative estimate of drug-likeness (QED) is 0.825. The number of nitrogens with zero attached hydrogens (tertiary/aromatic N) is 2. The summed E-state index contributed by atoms with van der Waals surface area (Å²) in [5, 5.41) is 3.25. The first-order chi connectivity index (χ1) is 9.20. The number of aromatic nitrogens is 2. The fourth-order valence-corrected chi connectivity index (χ4v) is 1.58. The van der Waals surface area contributed by atoms with Crippen LogP contribution in [0.25, 0.3) is 0 Å². The summed E-state index contributed by atoms with van der Waals surface area (Å²) in [5.41, 5.74) is 0.890. The molecular formula is C13H15N3O3. The van der Waals surface area contributed by atoms with Gasteiger partial charge in [-0.3, -0.25) is 0 Å². The molecule has 2 aromatic heterocycles. The van der Waals surface area contributed by atoms with Gasteiger partial charge in [0.2, 0.25) is 5.76 Å². The summed E-state index contributed by atoms with van der Waals surface area (Å²) in [7, 11) is 1.32. The highest BCUT2D eigenvalue weighted by molar-refractivity contribution is 5.86. The molecule has 1 N–H and O–H groups in total. The van der Waals surface area contributed by atoms with Crippen LogP contribution in [0.2, 0.25) is 0 Å². The summed E-state index contributed by atoms with van der Waals surface area (Å²) in [6.07, 6.45) is 3.20. The normalized spacial score (nSPS) is 12.1. The van der Waals surface area contributed by atoms with Crippen LogP contribution < -0.4 is 5.32 Å². The molecular weight excluding hydrogens is 246 g/mol. The van der Waals surface area contributed by atoms with E-state index in [2.05, 4.69) is 20.0 Å². The van der Waals surface area contributed by atoms with Gasteiger partial charge in [0, 0.05) is 12.7 Å². The fourth-order valence-electron chi connectivity index (χ4n) is 1.58. The van der Waals surface area contributed by atoms with E-state index in [1.807, 2.05) is 13.0 Å². The van der Waals surface area contributed by atoms with Gasteiger partial charge in [-0.25, -0.2) is 14.8 Å². The third kappa shape index (κ3) is 3.38.